The predicted molar refractivity (Wildman–Crippen MR) is 129 cm³/mol. The number of nitrogens with zero attached hydrogens (tertiary/aromatic N) is 3. The van der Waals surface area contributed by atoms with Crippen molar-refractivity contribution in [2.45, 2.75) is 13.5 Å². The smallest absolute Gasteiger partial charge is 0.264 e. The molecule has 1 aliphatic rings. The lowest BCUT2D eigenvalue weighted by atomic mass is 10.1. The molecule has 0 unspecified atom stereocenters. The molecule has 0 radical (unpaired) electrons. The second-order valence-electron chi connectivity index (χ2n) is 7.68. The molecule has 2 aromatic carbocycles. The average Bonchev–Trinajstić information content (AvgIpc) is 3.25. The van der Waals surface area contributed by atoms with Crippen molar-refractivity contribution < 1.29 is 4.79 Å². The van der Waals surface area contributed by atoms with Crippen LogP contribution in [-0.4, -0.2) is 41.6 Å². The number of halogens is 1. The number of benzene rings is 2. The number of hydrogen-bond donors (Lipinski definition) is 0. The molecule has 0 N–H and O–H groups in total. The summed E-state index contributed by atoms with van der Waals surface area (Å²) in [5, 5.41) is 2.37. The van der Waals surface area contributed by atoms with Crippen LogP contribution in [0.25, 0.3) is 21.0 Å². The van der Waals surface area contributed by atoms with Crippen LogP contribution in [0.4, 0.5) is 5.69 Å². The van der Waals surface area contributed by atoms with Crippen LogP contribution in [0.15, 0.2) is 59.4 Å². The maximum atomic E-state index is 13.3. The molecule has 0 saturated carbocycles. The van der Waals surface area contributed by atoms with Gasteiger partial charge in [-0.2, -0.15) is 0 Å². The summed E-state index contributed by atoms with van der Waals surface area (Å²) in [7, 11) is 0. The summed E-state index contributed by atoms with van der Waals surface area (Å²) in [6.07, 6.45) is 0. The van der Waals surface area contributed by atoms with Crippen LogP contribution in [0.3, 0.4) is 0 Å². The second-order valence-corrected chi connectivity index (χ2v) is 9.17. The minimum atomic E-state index is -0.0303. The minimum Gasteiger partial charge on any atom is -0.368 e. The minimum absolute atomic E-state index is 0.00141. The van der Waals surface area contributed by atoms with E-state index in [1.807, 2.05) is 60.4 Å². The van der Waals surface area contributed by atoms with Gasteiger partial charge in [-0.25, -0.2) is 0 Å². The normalized spacial score (nSPS) is 14.5. The highest BCUT2D eigenvalue weighted by Gasteiger charge is 2.25. The first-order valence-corrected chi connectivity index (χ1v) is 11.6. The van der Waals surface area contributed by atoms with Crippen molar-refractivity contribution in [1.29, 1.82) is 0 Å². The molecule has 158 valence electrons. The van der Waals surface area contributed by atoms with E-state index in [1.165, 1.54) is 11.3 Å². The number of thiophene rings is 1. The Morgan fingerprint density at radius 2 is 1.77 bits per heavy atom. The highest BCUT2D eigenvalue weighted by Crippen LogP contribution is 2.31. The molecular formula is C24H22ClN3O2S. The number of carbonyl (C=O) groups is 1. The van der Waals surface area contributed by atoms with Crippen LogP contribution in [0.5, 0.6) is 0 Å². The Morgan fingerprint density at radius 3 is 2.52 bits per heavy atom. The molecule has 4 aromatic rings. The molecular weight excluding hydrogens is 430 g/mol. The molecule has 2 aromatic heterocycles. The number of aryl methyl sites for hydroxylation is 1. The van der Waals surface area contributed by atoms with E-state index in [4.69, 9.17) is 11.6 Å². The van der Waals surface area contributed by atoms with Gasteiger partial charge < -0.3 is 14.4 Å². The van der Waals surface area contributed by atoms with E-state index in [0.29, 0.717) is 34.9 Å². The van der Waals surface area contributed by atoms with Crippen molar-refractivity contribution in [2.75, 3.05) is 31.1 Å². The van der Waals surface area contributed by atoms with Crippen molar-refractivity contribution in [3.8, 4) is 0 Å². The number of piperazine rings is 1. The number of aromatic nitrogens is 1. The van der Waals surface area contributed by atoms with Crippen molar-refractivity contribution in [3.63, 3.8) is 0 Å². The molecule has 7 heteroatoms. The summed E-state index contributed by atoms with van der Waals surface area (Å²) < 4.78 is 2.67. The Kier molecular flexibility index (Phi) is 5.20. The van der Waals surface area contributed by atoms with Gasteiger partial charge in [-0.1, -0.05) is 35.9 Å². The molecule has 0 spiro atoms. The van der Waals surface area contributed by atoms with Crippen LogP contribution in [0, 0.1) is 0 Å². The quantitative estimate of drug-likeness (QED) is 0.447. The summed E-state index contributed by atoms with van der Waals surface area (Å²) >= 11 is 7.55. The Bertz CT molecular complexity index is 1350. The van der Waals surface area contributed by atoms with E-state index >= 15 is 0 Å². The standard InChI is InChI=1S/C24H22ClN3O2S/c1-2-28-20-9-4-3-8-18(20)22-19(23(28)29)15-21(31-22)24(30)27-12-10-26(11-13-27)17-7-5-6-16(25)14-17/h3-9,14-15H,2,10-13H2,1H3. The van der Waals surface area contributed by atoms with Gasteiger partial charge >= 0.3 is 0 Å². The van der Waals surface area contributed by atoms with Gasteiger partial charge in [0.15, 0.2) is 0 Å². The molecule has 3 heterocycles. The molecule has 0 atom stereocenters. The van der Waals surface area contributed by atoms with Crippen LogP contribution < -0.4 is 10.5 Å². The number of carbonyl (C=O) groups excluding carboxylic acids is 1. The summed E-state index contributed by atoms with van der Waals surface area (Å²) in [4.78, 5) is 31.0. The molecule has 1 fully saturated rings. The molecule has 1 aliphatic heterocycles. The van der Waals surface area contributed by atoms with Crippen LogP contribution in [-0.2, 0) is 6.54 Å². The molecule has 5 nitrogen and oxygen atoms in total. The first-order valence-electron chi connectivity index (χ1n) is 10.4. The summed E-state index contributed by atoms with van der Waals surface area (Å²) in [6, 6.07) is 17.5. The van der Waals surface area contributed by atoms with Gasteiger partial charge in [-0.15, -0.1) is 11.3 Å². The number of pyridine rings is 1. The third kappa shape index (κ3) is 3.50. The van der Waals surface area contributed by atoms with Gasteiger partial charge in [0.05, 0.1) is 15.8 Å². The van der Waals surface area contributed by atoms with Crippen LogP contribution in [0.2, 0.25) is 5.02 Å². The first-order chi connectivity index (χ1) is 15.1. The molecule has 0 bridgehead atoms. The zero-order valence-corrected chi connectivity index (χ0v) is 18.7. The van der Waals surface area contributed by atoms with E-state index in [2.05, 4.69) is 4.90 Å². The fourth-order valence-corrected chi connectivity index (χ4v) is 5.66. The number of amides is 1. The van der Waals surface area contributed by atoms with Crippen LogP contribution in [0.1, 0.15) is 16.6 Å². The predicted octanol–water partition coefficient (Wildman–Crippen LogP) is 4.85. The number of rotatable bonds is 3. The molecule has 31 heavy (non-hydrogen) atoms. The first kappa shape index (κ1) is 20.1. The number of anilines is 1. The lowest BCUT2D eigenvalue weighted by Gasteiger charge is -2.36. The van der Waals surface area contributed by atoms with Crippen molar-refractivity contribution in [2.24, 2.45) is 0 Å². The van der Waals surface area contributed by atoms with E-state index in [-0.39, 0.29) is 11.5 Å². The second kappa shape index (κ2) is 8.02. The average molecular weight is 452 g/mol. The highest BCUT2D eigenvalue weighted by atomic mass is 35.5. The Morgan fingerprint density at radius 1 is 1.00 bits per heavy atom. The Hall–Kier alpha value is -2.83. The third-order valence-corrected chi connectivity index (χ3v) is 7.31. The number of para-hydroxylation sites is 1. The zero-order valence-electron chi connectivity index (χ0n) is 17.2. The summed E-state index contributed by atoms with van der Waals surface area (Å²) in [6.45, 7) is 5.35. The maximum absolute atomic E-state index is 13.3. The molecule has 1 saturated heterocycles. The van der Waals surface area contributed by atoms with Crippen molar-refractivity contribution >= 4 is 55.5 Å². The topological polar surface area (TPSA) is 45.6 Å². The van der Waals surface area contributed by atoms with E-state index in [9.17, 15) is 9.59 Å². The van der Waals surface area contributed by atoms with Gasteiger partial charge in [0, 0.05) is 53.5 Å². The number of hydrogen-bond acceptors (Lipinski definition) is 4. The lowest BCUT2D eigenvalue weighted by Crippen LogP contribution is -2.48. The maximum Gasteiger partial charge on any atom is 0.264 e. The van der Waals surface area contributed by atoms with Gasteiger partial charge in [0.25, 0.3) is 11.5 Å². The Labute approximate surface area is 189 Å². The van der Waals surface area contributed by atoms with E-state index < -0.39 is 0 Å². The van der Waals surface area contributed by atoms with Gasteiger partial charge in [0.1, 0.15) is 0 Å². The zero-order chi connectivity index (χ0) is 21.5. The Balaban J connectivity index is 1.44. The van der Waals surface area contributed by atoms with Crippen molar-refractivity contribution in [3.05, 3.63) is 74.9 Å². The van der Waals surface area contributed by atoms with E-state index in [1.54, 1.807) is 10.6 Å². The third-order valence-electron chi connectivity index (χ3n) is 5.91. The largest absolute Gasteiger partial charge is 0.368 e. The fraction of sp³-hybridized carbons (Fsp3) is 0.250. The SMILES string of the molecule is CCn1c(=O)c2cc(C(=O)N3CCN(c4cccc(Cl)c4)CC3)sc2c2ccccc21. The summed E-state index contributed by atoms with van der Waals surface area (Å²) in [5.74, 6) is -0.00141. The molecule has 0 aliphatic carbocycles. The van der Waals surface area contributed by atoms with Gasteiger partial charge in [-0.05, 0) is 37.3 Å². The monoisotopic (exact) mass is 451 g/mol. The van der Waals surface area contributed by atoms with Gasteiger partial charge in [-0.3, -0.25) is 9.59 Å². The van der Waals surface area contributed by atoms with E-state index in [0.717, 1.165) is 34.4 Å². The highest BCUT2D eigenvalue weighted by molar-refractivity contribution is 7.21. The molecule has 5 rings (SSSR count). The molecule has 1 amide bonds. The number of fused-ring (bicyclic) bond motifs is 3. The van der Waals surface area contributed by atoms with Crippen LogP contribution >= 0.6 is 22.9 Å². The van der Waals surface area contributed by atoms with Crippen molar-refractivity contribution in [1.82, 2.24) is 9.47 Å². The summed E-state index contributed by atoms with van der Waals surface area (Å²) in [5.41, 5.74) is 1.96. The van der Waals surface area contributed by atoms with Gasteiger partial charge in [0.2, 0.25) is 0 Å². The lowest BCUT2D eigenvalue weighted by molar-refractivity contribution is 0.0751. The fourth-order valence-electron chi connectivity index (χ4n) is 4.32.